The van der Waals surface area contributed by atoms with Crippen molar-refractivity contribution in [1.29, 1.82) is 5.26 Å². The Labute approximate surface area is 121 Å². The number of aryl methyl sites for hydroxylation is 2. The molecule has 0 bridgehead atoms. The minimum Gasteiger partial charge on any atom is -0.243 e. The molecule has 0 N–H and O–H groups in total. The van der Waals surface area contributed by atoms with Crippen molar-refractivity contribution in [2.75, 3.05) is 0 Å². The first kappa shape index (κ1) is 12.6. The largest absolute Gasteiger partial charge is 0.243 e. The van der Waals surface area contributed by atoms with Crippen LogP contribution in [0.1, 0.15) is 39.3 Å². The highest BCUT2D eigenvalue weighted by Gasteiger charge is 2.20. The molecule has 2 heterocycles. The highest BCUT2D eigenvalue weighted by atomic mass is 32.1. The van der Waals surface area contributed by atoms with Crippen LogP contribution in [0.4, 0.5) is 5.00 Å². The minimum absolute atomic E-state index is 0.810. The summed E-state index contributed by atoms with van der Waals surface area (Å²) in [4.78, 5) is 7.12. The zero-order valence-electron chi connectivity index (χ0n) is 10.8. The molecule has 0 unspecified atom stereocenters. The van der Waals surface area contributed by atoms with Crippen molar-refractivity contribution >= 4 is 33.9 Å². The van der Waals surface area contributed by atoms with E-state index in [2.05, 4.69) is 29.4 Å². The topological polar surface area (TPSA) is 36.1 Å². The van der Waals surface area contributed by atoms with E-state index in [0.717, 1.165) is 23.4 Å². The molecule has 2 aromatic rings. The molecule has 0 aliphatic heterocycles. The first-order valence-electron chi connectivity index (χ1n) is 6.42. The van der Waals surface area contributed by atoms with Gasteiger partial charge in [0, 0.05) is 16.0 Å². The van der Waals surface area contributed by atoms with Gasteiger partial charge in [-0.25, -0.2) is 4.99 Å². The number of thiophene rings is 2. The maximum absolute atomic E-state index is 9.36. The predicted octanol–water partition coefficient (Wildman–Crippen LogP) is 4.62. The van der Waals surface area contributed by atoms with E-state index >= 15 is 0 Å². The summed E-state index contributed by atoms with van der Waals surface area (Å²) >= 11 is 3.39. The van der Waals surface area contributed by atoms with Crippen molar-refractivity contribution < 1.29 is 0 Å². The first-order valence-corrected chi connectivity index (χ1v) is 8.12. The number of hydrogen-bond donors (Lipinski definition) is 0. The lowest BCUT2D eigenvalue weighted by Crippen LogP contribution is -1.99. The van der Waals surface area contributed by atoms with E-state index in [1.54, 1.807) is 22.7 Å². The number of rotatable bonds is 2. The van der Waals surface area contributed by atoms with E-state index in [4.69, 9.17) is 0 Å². The molecule has 2 aromatic heterocycles. The molecule has 0 saturated carbocycles. The van der Waals surface area contributed by atoms with Gasteiger partial charge in [0.25, 0.3) is 0 Å². The van der Waals surface area contributed by atoms with E-state index < -0.39 is 0 Å². The molecular formula is C15H14N2S2. The van der Waals surface area contributed by atoms with Gasteiger partial charge in [0.05, 0.1) is 5.56 Å². The average Bonchev–Trinajstić information content (AvgIpc) is 2.99. The van der Waals surface area contributed by atoms with Gasteiger partial charge in [-0.2, -0.15) is 5.26 Å². The highest BCUT2D eigenvalue weighted by molar-refractivity contribution is 7.16. The van der Waals surface area contributed by atoms with E-state index in [1.165, 1.54) is 33.7 Å². The molecule has 4 heteroatoms. The van der Waals surface area contributed by atoms with Crippen LogP contribution in [0.25, 0.3) is 0 Å². The molecule has 0 amide bonds. The van der Waals surface area contributed by atoms with Crippen LogP contribution in [-0.2, 0) is 12.8 Å². The lowest BCUT2D eigenvalue weighted by atomic mass is 9.96. The van der Waals surface area contributed by atoms with E-state index in [1.807, 2.05) is 6.21 Å². The summed E-state index contributed by atoms with van der Waals surface area (Å²) in [5, 5.41) is 12.3. The van der Waals surface area contributed by atoms with Crippen molar-refractivity contribution in [3.63, 3.8) is 0 Å². The predicted molar refractivity (Wildman–Crippen MR) is 82.0 cm³/mol. The van der Waals surface area contributed by atoms with Gasteiger partial charge in [-0.1, -0.05) is 0 Å². The lowest BCUT2D eigenvalue weighted by molar-refractivity contribution is 0.696. The van der Waals surface area contributed by atoms with Gasteiger partial charge in [0.1, 0.15) is 11.1 Å². The zero-order chi connectivity index (χ0) is 13.2. The summed E-state index contributed by atoms with van der Waals surface area (Å²) in [5.74, 6) is 0. The van der Waals surface area contributed by atoms with E-state index in [0.29, 0.717) is 0 Å². The van der Waals surface area contributed by atoms with Crippen LogP contribution in [0, 0.1) is 18.3 Å². The molecule has 0 spiro atoms. The fourth-order valence-electron chi connectivity index (χ4n) is 2.39. The molecule has 2 nitrogen and oxygen atoms in total. The summed E-state index contributed by atoms with van der Waals surface area (Å²) in [6, 6.07) is 4.44. The third-order valence-corrected chi connectivity index (χ3v) is 5.62. The van der Waals surface area contributed by atoms with Gasteiger partial charge >= 0.3 is 0 Å². The smallest absolute Gasteiger partial charge is 0.134 e. The summed E-state index contributed by atoms with van der Waals surface area (Å²) in [6.07, 6.45) is 6.50. The quantitative estimate of drug-likeness (QED) is 0.742. The molecule has 1 aliphatic carbocycles. The number of hydrogen-bond acceptors (Lipinski definition) is 4. The molecule has 96 valence electrons. The maximum atomic E-state index is 9.36. The van der Waals surface area contributed by atoms with Crippen molar-refractivity contribution in [2.45, 2.75) is 32.6 Å². The van der Waals surface area contributed by atoms with Crippen molar-refractivity contribution in [1.82, 2.24) is 0 Å². The Morgan fingerprint density at radius 1 is 1.37 bits per heavy atom. The first-order chi connectivity index (χ1) is 9.29. The Kier molecular flexibility index (Phi) is 3.50. The number of nitrogens with zero attached hydrogens (tertiary/aromatic N) is 2. The Morgan fingerprint density at radius 2 is 2.21 bits per heavy atom. The van der Waals surface area contributed by atoms with Crippen LogP contribution in [0.15, 0.2) is 16.4 Å². The minimum atomic E-state index is 0.810. The SMILES string of the molecule is Cc1ccsc1/C=N/c1sc2c(c1C#N)CCCC2. The Balaban J connectivity index is 1.97. The molecule has 0 fully saturated rings. The third kappa shape index (κ3) is 2.36. The number of aliphatic imine (C=N–C) groups is 1. The van der Waals surface area contributed by atoms with Gasteiger partial charge in [-0.05, 0) is 55.2 Å². The van der Waals surface area contributed by atoms with Crippen molar-refractivity contribution in [3.05, 3.63) is 37.9 Å². The molecule has 19 heavy (non-hydrogen) atoms. The summed E-state index contributed by atoms with van der Waals surface area (Å²) < 4.78 is 0. The van der Waals surface area contributed by atoms with Crippen molar-refractivity contribution in [2.24, 2.45) is 4.99 Å². The number of fused-ring (bicyclic) bond motifs is 1. The van der Waals surface area contributed by atoms with Gasteiger partial charge in [0.15, 0.2) is 0 Å². The molecule has 0 radical (unpaired) electrons. The lowest BCUT2D eigenvalue weighted by Gasteiger charge is -2.09. The molecule has 0 saturated heterocycles. The third-order valence-electron chi connectivity index (χ3n) is 3.47. The second-order valence-electron chi connectivity index (χ2n) is 4.73. The van der Waals surface area contributed by atoms with Crippen LogP contribution >= 0.6 is 22.7 Å². The molecular weight excluding hydrogens is 272 g/mol. The van der Waals surface area contributed by atoms with E-state index in [-0.39, 0.29) is 0 Å². The highest BCUT2D eigenvalue weighted by Crippen LogP contribution is 2.39. The van der Waals surface area contributed by atoms with Gasteiger partial charge in [-0.3, -0.25) is 0 Å². The maximum Gasteiger partial charge on any atom is 0.134 e. The van der Waals surface area contributed by atoms with Gasteiger partial charge < -0.3 is 0 Å². The van der Waals surface area contributed by atoms with E-state index in [9.17, 15) is 5.26 Å². The molecule has 0 atom stereocenters. The molecule has 3 rings (SSSR count). The normalized spacial score (nSPS) is 14.5. The molecule has 0 aromatic carbocycles. The Hall–Kier alpha value is -1.44. The van der Waals surface area contributed by atoms with Gasteiger partial charge in [-0.15, -0.1) is 22.7 Å². The van der Waals surface area contributed by atoms with Crippen LogP contribution in [0.3, 0.4) is 0 Å². The fraction of sp³-hybridized carbons (Fsp3) is 0.333. The monoisotopic (exact) mass is 286 g/mol. The average molecular weight is 286 g/mol. The summed E-state index contributed by atoms with van der Waals surface area (Å²) in [7, 11) is 0. The zero-order valence-corrected chi connectivity index (χ0v) is 12.4. The molecule has 1 aliphatic rings. The second kappa shape index (κ2) is 5.28. The Bertz CT molecular complexity index is 671. The van der Waals surface area contributed by atoms with Crippen LogP contribution < -0.4 is 0 Å². The van der Waals surface area contributed by atoms with Crippen LogP contribution in [0.2, 0.25) is 0 Å². The van der Waals surface area contributed by atoms with Crippen LogP contribution in [0.5, 0.6) is 0 Å². The summed E-state index contributed by atoms with van der Waals surface area (Å²) in [5.41, 5.74) is 3.31. The van der Waals surface area contributed by atoms with Crippen LogP contribution in [-0.4, -0.2) is 6.21 Å². The second-order valence-corrected chi connectivity index (χ2v) is 6.76. The Morgan fingerprint density at radius 3 is 2.95 bits per heavy atom. The summed E-state index contributed by atoms with van der Waals surface area (Å²) in [6.45, 7) is 2.09. The fourth-order valence-corrected chi connectivity index (χ4v) is 4.36. The van der Waals surface area contributed by atoms with Gasteiger partial charge in [0.2, 0.25) is 0 Å². The standard InChI is InChI=1S/C15H14N2S2/c1-10-6-7-18-14(10)9-17-15-12(8-16)11-4-2-3-5-13(11)19-15/h6-7,9H,2-5H2,1H3/b17-9+. The van der Waals surface area contributed by atoms with Crippen molar-refractivity contribution in [3.8, 4) is 6.07 Å². The number of nitriles is 1.